The van der Waals surface area contributed by atoms with Gasteiger partial charge in [0.25, 0.3) is 5.91 Å². The highest BCUT2D eigenvalue weighted by atomic mass is 32.1. The number of nitrogens with one attached hydrogen (secondary N) is 2. The third-order valence-corrected chi connectivity index (χ3v) is 3.33. The summed E-state index contributed by atoms with van der Waals surface area (Å²) < 4.78 is 0. The van der Waals surface area contributed by atoms with E-state index in [1.165, 1.54) is 0 Å². The van der Waals surface area contributed by atoms with Gasteiger partial charge in [0.15, 0.2) is 0 Å². The molecule has 2 aromatic rings. The number of aromatic amines is 1. The average molecular weight is 249 g/mol. The molecule has 2 heterocycles. The lowest BCUT2D eigenvalue weighted by Crippen LogP contribution is -2.22. The molecule has 0 saturated heterocycles. The van der Waals surface area contributed by atoms with E-state index in [1.807, 2.05) is 17.5 Å². The molecule has 0 bridgehead atoms. The van der Waals surface area contributed by atoms with Crippen LogP contribution in [-0.2, 0) is 6.54 Å². The van der Waals surface area contributed by atoms with Crippen molar-refractivity contribution in [3.63, 3.8) is 0 Å². The summed E-state index contributed by atoms with van der Waals surface area (Å²) in [6.07, 6.45) is 0. The molecule has 0 spiro atoms. The third-order valence-electron chi connectivity index (χ3n) is 2.46. The van der Waals surface area contributed by atoms with Crippen molar-refractivity contribution in [1.82, 2.24) is 15.5 Å². The summed E-state index contributed by atoms with van der Waals surface area (Å²) in [5, 5.41) is 11.7. The van der Waals surface area contributed by atoms with Gasteiger partial charge in [0, 0.05) is 10.6 Å². The van der Waals surface area contributed by atoms with Crippen LogP contribution in [0, 0.1) is 0 Å². The maximum atomic E-state index is 11.8. The first-order chi connectivity index (χ1) is 8.16. The number of aromatic nitrogens is 2. The standard InChI is InChI=1S/C12H15N3OS/c1-8(2)10-6-11(15-14-10)12(16)13-7-9-4-3-5-17-9/h3-6,8H,7H2,1-2H3,(H,13,16)(H,14,15). The third kappa shape index (κ3) is 2.94. The second-order valence-electron chi connectivity index (χ2n) is 4.13. The van der Waals surface area contributed by atoms with E-state index in [0.717, 1.165) is 10.6 Å². The summed E-state index contributed by atoms with van der Waals surface area (Å²) in [5.74, 6) is 0.211. The molecule has 4 nitrogen and oxygen atoms in total. The molecule has 0 radical (unpaired) electrons. The van der Waals surface area contributed by atoms with Crippen LogP contribution in [0.25, 0.3) is 0 Å². The van der Waals surface area contributed by atoms with Crippen LogP contribution in [0.3, 0.4) is 0 Å². The fourth-order valence-corrected chi connectivity index (χ4v) is 2.06. The van der Waals surface area contributed by atoms with Crippen LogP contribution >= 0.6 is 11.3 Å². The van der Waals surface area contributed by atoms with Crippen LogP contribution in [0.5, 0.6) is 0 Å². The molecule has 2 N–H and O–H groups in total. The van der Waals surface area contributed by atoms with E-state index in [1.54, 1.807) is 17.4 Å². The molecule has 17 heavy (non-hydrogen) atoms. The molecule has 0 aromatic carbocycles. The smallest absolute Gasteiger partial charge is 0.272 e. The highest BCUT2D eigenvalue weighted by Gasteiger charge is 2.11. The molecular weight excluding hydrogens is 234 g/mol. The number of hydrogen-bond acceptors (Lipinski definition) is 3. The second kappa shape index (κ2) is 5.14. The van der Waals surface area contributed by atoms with Gasteiger partial charge in [-0.1, -0.05) is 19.9 Å². The Kier molecular flexibility index (Phi) is 3.58. The molecule has 5 heteroatoms. The largest absolute Gasteiger partial charge is 0.346 e. The molecule has 0 aliphatic heterocycles. The molecule has 0 atom stereocenters. The van der Waals surface area contributed by atoms with Crippen molar-refractivity contribution in [3.8, 4) is 0 Å². The van der Waals surface area contributed by atoms with E-state index in [9.17, 15) is 4.79 Å². The highest BCUT2D eigenvalue weighted by Crippen LogP contribution is 2.12. The fourth-order valence-electron chi connectivity index (χ4n) is 1.42. The topological polar surface area (TPSA) is 57.8 Å². The van der Waals surface area contributed by atoms with Gasteiger partial charge in [-0.05, 0) is 23.4 Å². The first kappa shape index (κ1) is 11.9. The van der Waals surface area contributed by atoms with E-state index in [4.69, 9.17) is 0 Å². The lowest BCUT2D eigenvalue weighted by molar-refractivity contribution is 0.0946. The monoisotopic (exact) mass is 249 g/mol. The maximum absolute atomic E-state index is 11.8. The predicted octanol–water partition coefficient (Wildman–Crippen LogP) is 2.52. The number of rotatable bonds is 4. The Bertz CT molecular complexity index is 488. The molecule has 2 rings (SSSR count). The Hall–Kier alpha value is -1.62. The summed E-state index contributed by atoms with van der Waals surface area (Å²) in [4.78, 5) is 12.9. The van der Waals surface area contributed by atoms with Gasteiger partial charge in [-0.15, -0.1) is 11.3 Å². The van der Waals surface area contributed by atoms with Crippen molar-refractivity contribution >= 4 is 17.2 Å². The molecule has 0 aliphatic rings. The zero-order chi connectivity index (χ0) is 12.3. The van der Waals surface area contributed by atoms with Crippen molar-refractivity contribution in [3.05, 3.63) is 39.8 Å². The number of thiophene rings is 1. The number of nitrogens with zero attached hydrogens (tertiary/aromatic N) is 1. The average Bonchev–Trinajstić information content (AvgIpc) is 2.96. The SMILES string of the molecule is CC(C)c1cc(C(=O)NCc2cccs2)n[nH]1. The van der Waals surface area contributed by atoms with Crippen molar-refractivity contribution < 1.29 is 4.79 Å². The van der Waals surface area contributed by atoms with Crippen LogP contribution in [0.4, 0.5) is 0 Å². The summed E-state index contributed by atoms with van der Waals surface area (Å²) in [5.41, 5.74) is 1.43. The van der Waals surface area contributed by atoms with Crippen LogP contribution < -0.4 is 5.32 Å². The van der Waals surface area contributed by atoms with Crippen LogP contribution in [0.2, 0.25) is 0 Å². The van der Waals surface area contributed by atoms with Crippen LogP contribution in [-0.4, -0.2) is 16.1 Å². The lowest BCUT2D eigenvalue weighted by atomic mass is 10.1. The van der Waals surface area contributed by atoms with Crippen LogP contribution in [0.1, 0.15) is 40.8 Å². The van der Waals surface area contributed by atoms with Gasteiger partial charge in [0.2, 0.25) is 0 Å². The van der Waals surface area contributed by atoms with E-state index in [-0.39, 0.29) is 5.91 Å². The van der Waals surface area contributed by atoms with Crippen molar-refractivity contribution in [1.29, 1.82) is 0 Å². The first-order valence-corrected chi connectivity index (χ1v) is 6.40. The minimum absolute atomic E-state index is 0.137. The Morgan fingerprint density at radius 2 is 2.41 bits per heavy atom. The quantitative estimate of drug-likeness (QED) is 0.874. The number of amides is 1. The predicted molar refractivity (Wildman–Crippen MR) is 68.2 cm³/mol. The van der Waals surface area contributed by atoms with Crippen LogP contribution in [0.15, 0.2) is 23.6 Å². The lowest BCUT2D eigenvalue weighted by Gasteiger charge is -2.00. The highest BCUT2D eigenvalue weighted by molar-refractivity contribution is 7.09. The summed E-state index contributed by atoms with van der Waals surface area (Å²) in [7, 11) is 0. The Morgan fingerprint density at radius 1 is 1.59 bits per heavy atom. The molecule has 0 aliphatic carbocycles. The van der Waals surface area contributed by atoms with Crippen molar-refractivity contribution in [2.45, 2.75) is 26.3 Å². The molecule has 0 saturated carbocycles. The normalized spacial score (nSPS) is 10.8. The summed E-state index contributed by atoms with van der Waals surface area (Å²) in [6.45, 7) is 4.67. The van der Waals surface area contributed by atoms with E-state index < -0.39 is 0 Å². The number of H-pyrrole nitrogens is 1. The van der Waals surface area contributed by atoms with Gasteiger partial charge in [0.05, 0.1) is 6.54 Å². The molecule has 2 aromatic heterocycles. The number of carbonyl (C=O) groups excluding carboxylic acids is 1. The summed E-state index contributed by atoms with van der Waals surface area (Å²) >= 11 is 1.63. The van der Waals surface area contributed by atoms with Gasteiger partial charge in [0.1, 0.15) is 5.69 Å². The van der Waals surface area contributed by atoms with Crippen molar-refractivity contribution in [2.75, 3.05) is 0 Å². The number of hydrogen-bond donors (Lipinski definition) is 2. The van der Waals surface area contributed by atoms with Gasteiger partial charge in [-0.25, -0.2) is 0 Å². The van der Waals surface area contributed by atoms with E-state index in [2.05, 4.69) is 29.4 Å². The summed E-state index contributed by atoms with van der Waals surface area (Å²) in [6, 6.07) is 5.76. The maximum Gasteiger partial charge on any atom is 0.272 e. The Balaban J connectivity index is 1.95. The van der Waals surface area contributed by atoms with Gasteiger partial charge >= 0.3 is 0 Å². The van der Waals surface area contributed by atoms with Gasteiger partial charge in [-0.3, -0.25) is 9.89 Å². The Labute approximate surface area is 104 Å². The Morgan fingerprint density at radius 3 is 3.00 bits per heavy atom. The molecule has 90 valence electrons. The van der Waals surface area contributed by atoms with E-state index >= 15 is 0 Å². The second-order valence-corrected chi connectivity index (χ2v) is 5.16. The van der Waals surface area contributed by atoms with Gasteiger partial charge < -0.3 is 5.32 Å². The van der Waals surface area contributed by atoms with E-state index in [0.29, 0.717) is 18.2 Å². The molecule has 0 fully saturated rings. The fraction of sp³-hybridized carbons (Fsp3) is 0.333. The van der Waals surface area contributed by atoms with Crippen molar-refractivity contribution in [2.24, 2.45) is 0 Å². The zero-order valence-electron chi connectivity index (χ0n) is 9.86. The molecular formula is C12H15N3OS. The zero-order valence-corrected chi connectivity index (χ0v) is 10.7. The first-order valence-electron chi connectivity index (χ1n) is 5.52. The molecule has 0 unspecified atom stereocenters. The minimum atomic E-state index is -0.137. The molecule has 1 amide bonds. The number of carbonyl (C=O) groups is 1. The van der Waals surface area contributed by atoms with Gasteiger partial charge in [-0.2, -0.15) is 5.10 Å². The minimum Gasteiger partial charge on any atom is -0.346 e.